The van der Waals surface area contributed by atoms with E-state index in [0.29, 0.717) is 24.7 Å². The summed E-state index contributed by atoms with van der Waals surface area (Å²) in [7, 11) is 1.37. The number of rotatable bonds is 4. The molecule has 20 heavy (non-hydrogen) atoms. The maximum atomic E-state index is 12.1. The molecule has 2 rings (SSSR count). The number of methoxy groups -OCH3 is 1. The number of ether oxygens (including phenoxy) is 1. The highest BCUT2D eigenvalue weighted by Gasteiger charge is 2.37. The molecule has 0 radical (unpaired) electrons. The Morgan fingerprint density at radius 3 is 2.30 bits per heavy atom. The monoisotopic (exact) mass is 280 g/mol. The first-order valence-corrected chi connectivity index (χ1v) is 8.26. The Labute approximate surface area is 122 Å². The van der Waals surface area contributed by atoms with Gasteiger partial charge in [-0.05, 0) is 43.4 Å². The van der Waals surface area contributed by atoms with Gasteiger partial charge in [0, 0.05) is 6.42 Å². The van der Waals surface area contributed by atoms with E-state index < -0.39 is 5.92 Å². The minimum atomic E-state index is -0.479. The normalized spacial score (nSPS) is 34.8. The summed E-state index contributed by atoms with van der Waals surface area (Å²) in [5.74, 6) is 1.45. The van der Waals surface area contributed by atoms with Crippen LogP contribution in [0.15, 0.2) is 0 Å². The van der Waals surface area contributed by atoms with Crippen LogP contribution < -0.4 is 0 Å². The zero-order valence-corrected chi connectivity index (χ0v) is 12.9. The van der Waals surface area contributed by atoms with E-state index in [1.165, 1.54) is 45.6 Å². The molecule has 114 valence electrons. The Morgan fingerprint density at radius 1 is 1.10 bits per heavy atom. The lowest BCUT2D eigenvalue weighted by molar-refractivity contribution is -0.151. The zero-order chi connectivity index (χ0) is 14.5. The van der Waals surface area contributed by atoms with Gasteiger partial charge in [0.05, 0.1) is 7.11 Å². The predicted molar refractivity (Wildman–Crippen MR) is 78.2 cm³/mol. The molecular weight excluding hydrogens is 252 g/mol. The van der Waals surface area contributed by atoms with Crippen molar-refractivity contribution in [3.8, 4) is 0 Å². The fourth-order valence-electron chi connectivity index (χ4n) is 4.19. The van der Waals surface area contributed by atoms with E-state index in [1.807, 2.05) is 0 Å². The number of ketones is 1. The van der Waals surface area contributed by atoms with E-state index in [9.17, 15) is 9.59 Å². The number of Topliss-reactive ketones (excluding diaryl/α,β-unsaturated/α-hetero) is 1. The molecule has 0 spiro atoms. The molecule has 0 aromatic heterocycles. The van der Waals surface area contributed by atoms with Crippen molar-refractivity contribution < 1.29 is 14.3 Å². The summed E-state index contributed by atoms with van der Waals surface area (Å²) in [6.45, 7) is 2.26. The smallest absolute Gasteiger partial charge is 0.316 e. The van der Waals surface area contributed by atoms with E-state index in [1.54, 1.807) is 0 Å². The first-order valence-electron chi connectivity index (χ1n) is 8.26. The van der Waals surface area contributed by atoms with Crippen molar-refractivity contribution in [2.75, 3.05) is 7.11 Å². The summed E-state index contributed by atoms with van der Waals surface area (Å²) in [6, 6.07) is 0. The number of carbonyl (C=O) groups is 2. The van der Waals surface area contributed by atoms with Crippen LogP contribution in [0.3, 0.4) is 0 Å². The third-order valence-electron chi connectivity index (χ3n) is 5.42. The first kappa shape index (κ1) is 15.5. The minimum Gasteiger partial charge on any atom is -0.468 e. The Balaban J connectivity index is 1.82. The Kier molecular flexibility index (Phi) is 5.62. The highest BCUT2D eigenvalue weighted by Crippen LogP contribution is 2.41. The van der Waals surface area contributed by atoms with Gasteiger partial charge in [-0.25, -0.2) is 0 Å². The molecule has 2 aliphatic carbocycles. The van der Waals surface area contributed by atoms with Gasteiger partial charge in [0.15, 0.2) is 0 Å². The third kappa shape index (κ3) is 3.62. The summed E-state index contributed by atoms with van der Waals surface area (Å²) >= 11 is 0. The van der Waals surface area contributed by atoms with Crippen LogP contribution in [0.25, 0.3) is 0 Å². The van der Waals surface area contributed by atoms with Crippen LogP contribution >= 0.6 is 0 Å². The van der Waals surface area contributed by atoms with Crippen LogP contribution in [0.5, 0.6) is 0 Å². The average molecular weight is 280 g/mol. The minimum absolute atomic E-state index is 0.115. The molecule has 2 unspecified atom stereocenters. The second-order valence-electron chi connectivity index (χ2n) is 6.65. The van der Waals surface area contributed by atoms with Crippen LogP contribution in [0.2, 0.25) is 0 Å². The SMILES string of the molecule is CCCC1CCC(C2CCC(C(=O)OC)C(=O)C2)CC1. The second-order valence-corrected chi connectivity index (χ2v) is 6.65. The van der Waals surface area contributed by atoms with E-state index in [4.69, 9.17) is 4.74 Å². The number of esters is 1. The van der Waals surface area contributed by atoms with Crippen LogP contribution in [0.1, 0.15) is 64.7 Å². The molecule has 3 heteroatoms. The molecule has 2 fully saturated rings. The van der Waals surface area contributed by atoms with Crippen molar-refractivity contribution in [2.45, 2.75) is 64.7 Å². The van der Waals surface area contributed by atoms with Gasteiger partial charge in [0.25, 0.3) is 0 Å². The molecule has 0 saturated heterocycles. The van der Waals surface area contributed by atoms with E-state index in [2.05, 4.69) is 6.92 Å². The summed E-state index contributed by atoms with van der Waals surface area (Å²) in [4.78, 5) is 23.6. The standard InChI is InChI=1S/C17H28O3/c1-3-4-12-5-7-13(8-6-12)14-9-10-15(16(18)11-14)17(19)20-2/h12-15H,3-11H2,1-2H3. The number of hydrogen-bond donors (Lipinski definition) is 0. The molecule has 0 aromatic carbocycles. The molecule has 3 nitrogen and oxygen atoms in total. The third-order valence-corrected chi connectivity index (χ3v) is 5.42. The maximum Gasteiger partial charge on any atom is 0.316 e. The summed E-state index contributed by atoms with van der Waals surface area (Å²) < 4.78 is 4.72. The lowest BCUT2D eigenvalue weighted by Gasteiger charge is -2.36. The van der Waals surface area contributed by atoms with Crippen molar-refractivity contribution in [3.63, 3.8) is 0 Å². The summed E-state index contributed by atoms with van der Waals surface area (Å²) in [6.07, 6.45) is 10.2. The van der Waals surface area contributed by atoms with Crippen LogP contribution in [-0.2, 0) is 14.3 Å². The Bertz CT molecular complexity index is 342. The van der Waals surface area contributed by atoms with E-state index >= 15 is 0 Å². The number of hydrogen-bond acceptors (Lipinski definition) is 3. The van der Waals surface area contributed by atoms with Crippen LogP contribution in [0.4, 0.5) is 0 Å². The largest absolute Gasteiger partial charge is 0.468 e. The first-order chi connectivity index (χ1) is 9.65. The van der Waals surface area contributed by atoms with Gasteiger partial charge in [-0.2, -0.15) is 0 Å². The lowest BCUT2D eigenvalue weighted by atomic mass is 9.68. The van der Waals surface area contributed by atoms with Crippen molar-refractivity contribution in [1.82, 2.24) is 0 Å². The van der Waals surface area contributed by atoms with Crippen LogP contribution in [-0.4, -0.2) is 18.9 Å². The highest BCUT2D eigenvalue weighted by molar-refractivity contribution is 5.99. The van der Waals surface area contributed by atoms with Gasteiger partial charge >= 0.3 is 5.97 Å². The van der Waals surface area contributed by atoms with Crippen molar-refractivity contribution in [2.24, 2.45) is 23.7 Å². The van der Waals surface area contributed by atoms with Gasteiger partial charge in [0.2, 0.25) is 0 Å². The van der Waals surface area contributed by atoms with E-state index in [-0.39, 0.29) is 11.8 Å². The molecule has 0 N–H and O–H groups in total. The molecule has 0 heterocycles. The molecular formula is C17H28O3. The van der Waals surface area contributed by atoms with Crippen molar-refractivity contribution in [1.29, 1.82) is 0 Å². The molecule has 2 atom stereocenters. The molecule has 0 aliphatic heterocycles. The Morgan fingerprint density at radius 2 is 1.75 bits per heavy atom. The fourth-order valence-corrected chi connectivity index (χ4v) is 4.19. The quantitative estimate of drug-likeness (QED) is 0.582. The fraction of sp³-hybridized carbons (Fsp3) is 0.882. The van der Waals surface area contributed by atoms with Crippen LogP contribution in [0, 0.1) is 23.7 Å². The molecule has 2 saturated carbocycles. The molecule has 0 bridgehead atoms. The van der Waals surface area contributed by atoms with E-state index in [0.717, 1.165) is 12.3 Å². The summed E-state index contributed by atoms with van der Waals surface area (Å²) in [5, 5.41) is 0. The average Bonchev–Trinajstić information content (AvgIpc) is 2.47. The highest BCUT2D eigenvalue weighted by atomic mass is 16.5. The lowest BCUT2D eigenvalue weighted by Crippen LogP contribution is -2.35. The topological polar surface area (TPSA) is 43.4 Å². The Hall–Kier alpha value is -0.860. The summed E-state index contributed by atoms with van der Waals surface area (Å²) in [5.41, 5.74) is 0. The van der Waals surface area contributed by atoms with Crippen molar-refractivity contribution >= 4 is 11.8 Å². The van der Waals surface area contributed by atoms with Gasteiger partial charge < -0.3 is 4.74 Å². The van der Waals surface area contributed by atoms with Gasteiger partial charge in [-0.3, -0.25) is 9.59 Å². The van der Waals surface area contributed by atoms with Crippen molar-refractivity contribution in [3.05, 3.63) is 0 Å². The zero-order valence-electron chi connectivity index (χ0n) is 12.9. The van der Waals surface area contributed by atoms with Gasteiger partial charge in [0.1, 0.15) is 11.7 Å². The predicted octanol–water partition coefficient (Wildman–Crippen LogP) is 3.75. The van der Waals surface area contributed by atoms with Gasteiger partial charge in [-0.1, -0.05) is 32.6 Å². The molecule has 2 aliphatic rings. The second kappa shape index (κ2) is 7.24. The van der Waals surface area contributed by atoms with Gasteiger partial charge in [-0.15, -0.1) is 0 Å². The molecule has 0 amide bonds. The maximum absolute atomic E-state index is 12.1. The molecule has 0 aromatic rings. The number of carbonyl (C=O) groups excluding carboxylic acids is 2.